The molecule has 0 aliphatic rings. The van der Waals surface area contributed by atoms with Gasteiger partial charge in [-0.05, 0) is 57.5 Å². The number of rotatable bonds is 7. The molecule has 0 aromatic heterocycles. The van der Waals surface area contributed by atoms with Crippen molar-refractivity contribution < 1.29 is 0 Å². The third kappa shape index (κ3) is 5.52. The fourth-order valence-electron chi connectivity index (χ4n) is 3.30. The van der Waals surface area contributed by atoms with Gasteiger partial charge in [0.15, 0.2) is 0 Å². The highest BCUT2D eigenvalue weighted by Crippen LogP contribution is 2.29. The molecule has 1 heteroatoms. The van der Waals surface area contributed by atoms with Crippen LogP contribution in [0.2, 0.25) is 0 Å². The van der Waals surface area contributed by atoms with Crippen LogP contribution in [0.3, 0.4) is 0 Å². The molecule has 0 spiro atoms. The molecule has 146 valence electrons. The Labute approximate surface area is 175 Å². The van der Waals surface area contributed by atoms with Crippen molar-refractivity contribution in [3.63, 3.8) is 0 Å². The molecule has 0 N–H and O–H groups in total. The Kier molecular flexibility index (Phi) is 7.02. The third-order valence-corrected chi connectivity index (χ3v) is 6.27. The summed E-state index contributed by atoms with van der Waals surface area (Å²) < 4.78 is 0. The summed E-state index contributed by atoms with van der Waals surface area (Å²) in [6.45, 7) is 9.02. The zero-order valence-corrected chi connectivity index (χ0v) is 18.5. The van der Waals surface area contributed by atoms with E-state index < -0.39 is 0 Å². The summed E-state index contributed by atoms with van der Waals surface area (Å²) in [5, 5.41) is 0. The van der Waals surface area contributed by atoms with Crippen LogP contribution < -0.4 is 0 Å². The Morgan fingerprint density at radius 1 is 0.607 bits per heavy atom. The molecule has 0 nitrogen and oxygen atoms in total. The fraction of sp³-hybridized carbons (Fsp3) is 0.333. The molecule has 0 saturated heterocycles. The van der Waals surface area contributed by atoms with Crippen molar-refractivity contribution >= 4 is 11.8 Å². The Morgan fingerprint density at radius 3 is 1.46 bits per heavy atom. The highest BCUT2D eigenvalue weighted by molar-refractivity contribution is 7.99. The molecule has 3 rings (SSSR count). The third-order valence-electron chi connectivity index (χ3n) is 5.17. The molecule has 0 fully saturated rings. The summed E-state index contributed by atoms with van der Waals surface area (Å²) in [6.07, 6.45) is 3.92. The first-order valence-corrected chi connectivity index (χ1v) is 11.4. The minimum absolute atomic E-state index is 0.197. The molecule has 3 aromatic rings. The first-order valence-electron chi connectivity index (χ1n) is 10.4. The van der Waals surface area contributed by atoms with Crippen LogP contribution in [0, 0.1) is 0 Å². The Hall–Kier alpha value is -1.99. The van der Waals surface area contributed by atoms with Crippen LogP contribution in [0.15, 0.2) is 77.7 Å². The maximum atomic E-state index is 2.26. The van der Waals surface area contributed by atoms with Gasteiger partial charge in [0, 0.05) is 4.90 Å². The van der Waals surface area contributed by atoms with Crippen molar-refractivity contribution in [3.05, 3.63) is 78.4 Å². The molecule has 0 saturated carbocycles. The topological polar surface area (TPSA) is 0 Å². The van der Waals surface area contributed by atoms with E-state index >= 15 is 0 Å². The maximum Gasteiger partial charge on any atom is 0.00723 e. The van der Waals surface area contributed by atoms with Gasteiger partial charge >= 0.3 is 0 Å². The van der Waals surface area contributed by atoms with Gasteiger partial charge in [0.05, 0.1) is 0 Å². The van der Waals surface area contributed by atoms with Gasteiger partial charge in [0.1, 0.15) is 0 Å². The average molecular weight is 389 g/mol. The van der Waals surface area contributed by atoms with Crippen LogP contribution in [0.1, 0.15) is 52.5 Å². The predicted molar refractivity (Wildman–Crippen MR) is 126 cm³/mol. The van der Waals surface area contributed by atoms with Gasteiger partial charge in [-0.15, -0.1) is 11.8 Å². The summed E-state index contributed by atoms with van der Waals surface area (Å²) in [7, 11) is 0. The van der Waals surface area contributed by atoms with Crippen LogP contribution in [-0.4, -0.2) is 5.75 Å². The Morgan fingerprint density at radius 2 is 1.04 bits per heavy atom. The molecule has 0 unspecified atom stereocenters. The number of benzene rings is 3. The minimum Gasteiger partial charge on any atom is -0.126 e. The van der Waals surface area contributed by atoms with Crippen molar-refractivity contribution in [2.75, 3.05) is 5.75 Å². The standard InChI is InChI=1S/C27H32S/c1-5-6-7-20-28-26-18-14-24(15-19-26)22-10-8-21(9-11-22)23-12-16-25(17-13-23)27(2,3)4/h8-19H,5-7,20H2,1-4H3. The van der Waals surface area contributed by atoms with E-state index in [1.54, 1.807) is 0 Å². The number of hydrogen-bond donors (Lipinski definition) is 0. The first-order chi connectivity index (χ1) is 13.5. The second-order valence-electron chi connectivity index (χ2n) is 8.48. The second kappa shape index (κ2) is 9.47. The van der Waals surface area contributed by atoms with E-state index in [0.29, 0.717) is 0 Å². The highest BCUT2D eigenvalue weighted by Gasteiger charge is 2.13. The number of hydrogen-bond acceptors (Lipinski definition) is 1. The average Bonchev–Trinajstić information content (AvgIpc) is 2.71. The zero-order chi connectivity index (χ0) is 20.0. The van der Waals surface area contributed by atoms with Gasteiger partial charge in [-0.1, -0.05) is 101 Å². The molecule has 0 radical (unpaired) electrons. The van der Waals surface area contributed by atoms with E-state index in [0.717, 1.165) is 0 Å². The molecule has 28 heavy (non-hydrogen) atoms. The van der Waals surface area contributed by atoms with Crippen molar-refractivity contribution in [1.29, 1.82) is 0 Å². The van der Waals surface area contributed by atoms with E-state index in [1.807, 2.05) is 11.8 Å². The maximum absolute atomic E-state index is 2.26. The summed E-state index contributed by atoms with van der Waals surface area (Å²) >= 11 is 1.97. The lowest BCUT2D eigenvalue weighted by molar-refractivity contribution is 0.590. The van der Waals surface area contributed by atoms with Crippen molar-refractivity contribution in [1.82, 2.24) is 0 Å². The molecular weight excluding hydrogens is 356 g/mol. The van der Waals surface area contributed by atoms with E-state index in [4.69, 9.17) is 0 Å². The summed E-state index contributed by atoms with van der Waals surface area (Å²) in [6, 6.07) is 26.9. The molecule has 0 atom stereocenters. The molecule has 0 heterocycles. The van der Waals surface area contributed by atoms with Crippen molar-refractivity contribution in [3.8, 4) is 22.3 Å². The van der Waals surface area contributed by atoms with E-state index in [9.17, 15) is 0 Å². The normalized spacial score (nSPS) is 11.6. The first kappa shape index (κ1) is 20.7. The van der Waals surface area contributed by atoms with Crippen molar-refractivity contribution in [2.24, 2.45) is 0 Å². The van der Waals surface area contributed by atoms with Gasteiger partial charge in [0.25, 0.3) is 0 Å². The van der Waals surface area contributed by atoms with Gasteiger partial charge in [0.2, 0.25) is 0 Å². The molecule has 0 aliphatic carbocycles. The lowest BCUT2D eigenvalue weighted by Gasteiger charge is -2.19. The van der Waals surface area contributed by atoms with Crippen LogP contribution in [0.5, 0.6) is 0 Å². The highest BCUT2D eigenvalue weighted by atomic mass is 32.2. The van der Waals surface area contributed by atoms with Crippen LogP contribution in [0.4, 0.5) is 0 Å². The monoisotopic (exact) mass is 388 g/mol. The number of unbranched alkanes of at least 4 members (excludes halogenated alkanes) is 2. The summed E-state index contributed by atoms with van der Waals surface area (Å²) in [5.74, 6) is 1.22. The van der Waals surface area contributed by atoms with E-state index in [2.05, 4.69) is 100 Å². The minimum atomic E-state index is 0.197. The van der Waals surface area contributed by atoms with Gasteiger partial charge in [-0.3, -0.25) is 0 Å². The van der Waals surface area contributed by atoms with Crippen LogP contribution >= 0.6 is 11.8 Å². The lowest BCUT2D eigenvalue weighted by atomic mass is 9.86. The fourth-order valence-corrected chi connectivity index (χ4v) is 4.22. The lowest BCUT2D eigenvalue weighted by Crippen LogP contribution is -2.10. The summed E-state index contributed by atoms with van der Waals surface area (Å²) in [4.78, 5) is 1.37. The van der Waals surface area contributed by atoms with Gasteiger partial charge < -0.3 is 0 Å². The van der Waals surface area contributed by atoms with Crippen LogP contribution in [0.25, 0.3) is 22.3 Å². The van der Waals surface area contributed by atoms with E-state index in [1.165, 1.54) is 57.7 Å². The SMILES string of the molecule is CCCCCSc1ccc(-c2ccc(-c3ccc(C(C)(C)C)cc3)cc2)cc1. The Balaban J connectivity index is 1.67. The van der Waals surface area contributed by atoms with Crippen molar-refractivity contribution in [2.45, 2.75) is 57.3 Å². The van der Waals surface area contributed by atoms with E-state index in [-0.39, 0.29) is 5.41 Å². The largest absolute Gasteiger partial charge is 0.126 e. The van der Waals surface area contributed by atoms with Gasteiger partial charge in [-0.25, -0.2) is 0 Å². The molecule has 3 aromatic carbocycles. The predicted octanol–water partition coefficient (Wildman–Crippen LogP) is 8.60. The molecule has 0 aliphatic heterocycles. The molecule has 0 bridgehead atoms. The second-order valence-corrected chi connectivity index (χ2v) is 9.65. The smallest absolute Gasteiger partial charge is 0.00723 e. The zero-order valence-electron chi connectivity index (χ0n) is 17.7. The van der Waals surface area contributed by atoms with Gasteiger partial charge in [-0.2, -0.15) is 0 Å². The quantitative estimate of drug-likeness (QED) is 0.288. The number of thioether (sulfide) groups is 1. The summed E-state index contributed by atoms with van der Waals surface area (Å²) in [5.41, 5.74) is 6.68. The molecular formula is C27H32S. The molecule has 0 amide bonds. The Bertz CT molecular complexity index is 850. The van der Waals surface area contributed by atoms with Crippen LogP contribution in [-0.2, 0) is 5.41 Å².